The Morgan fingerprint density at radius 3 is 2.35 bits per heavy atom. The Hall–Kier alpha value is -2.95. The van der Waals surface area contributed by atoms with Gasteiger partial charge < -0.3 is 5.32 Å². The molecule has 0 unspecified atom stereocenters. The molecule has 134 valence electrons. The number of nitrogens with one attached hydrogen (secondary N) is 1. The fourth-order valence-corrected chi connectivity index (χ4v) is 3.19. The third-order valence-corrected chi connectivity index (χ3v) is 4.62. The van der Waals surface area contributed by atoms with Crippen LogP contribution in [0.2, 0.25) is 0 Å². The van der Waals surface area contributed by atoms with E-state index in [1.807, 2.05) is 24.3 Å². The first-order chi connectivity index (χ1) is 12.5. The van der Waals surface area contributed by atoms with E-state index in [0.717, 1.165) is 29.7 Å². The first-order valence-electron chi connectivity index (χ1n) is 8.92. The maximum atomic E-state index is 12.7. The zero-order chi connectivity index (χ0) is 18.7. The number of fused-ring (bicyclic) bond motifs is 1. The molecule has 1 amide bonds. The van der Waals surface area contributed by atoms with Crippen molar-refractivity contribution in [2.24, 2.45) is 0 Å². The standard InChI is InChI=1S/C21H23N3O2/c1-4-15-9-8-10-16(5-2)20(15)23-19(25)13-24-14(3)22-18-12-7-6-11-17(18)21(24)26/h6-12H,4-5,13H2,1-3H3,(H,23,25). The number of para-hydroxylation sites is 2. The lowest BCUT2D eigenvalue weighted by Gasteiger charge is -2.16. The predicted octanol–water partition coefficient (Wildman–Crippen LogP) is 3.47. The minimum Gasteiger partial charge on any atom is -0.324 e. The molecule has 0 spiro atoms. The summed E-state index contributed by atoms with van der Waals surface area (Å²) in [5, 5.41) is 3.53. The molecule has 3 aromatic rings. The molecule has 26 heavy (non-hydrogen) atoms. The second-order valence-electron chi connectivity index (χ2n) is 6.27. The van der Waals surface area contributed by atoms with Crippen LogP contribution >= 0.6 is 0 Å². The second kappa shape index (κ2) is 7.52. The Kier molecular flexibility index (Phi) is 5.16. The molecule has 0 aliphatic heterocycles. The van der Waals surface area contributed by atoms with E-state index < -0.39 is 0 Å². The number of amides is 1. The smallest absolute Gasteiger partial charge is 0.261 e. The van der Waals surface area contributed by atoms with Gasteiger partial charge in [-0.15, -0.1) is 0 Å². The van der Waals surface area contributed by atoms with Crippen LogP contribution in [0, 0.1) is 6.92 Å². The highest BCUT2D eigenvalue weighted by Crippen LogP contribution is 2.22. The monoisotopic (exact) mass is 349 g/mol. The molecule has 1 N–H and O–H groups in total. The van der Waals surface area contributed by atoms with Crippen molar-refractivity contribution >= 4 is 22.5 Å². The molecule has 1 aromatic heterocycles. The van der Waals surface area contributed by atoms with E-state index >= 15 is 0 Å². The fourth-order valence-electron chi connectivity index (χ4n) is 3.19. The van der Waals surface area contributed by atoms with Gasteiger partial charge in [0.05, 0.1) is 10.9 Å². The minimum absolute atomic E-state index is 0.0519. The number of benzene rings is 2. The Bertz CT molecular complexity index is 999. The molecule has 5 heteroatoms. The SMILES string of the molecule is CCc1cccc(CC)c1NC(=O)Cn1c(C)nc2ccccc2c1=O. The molecule has 0 atom stereocenters. The molecule has 0 fully saturated rings. The van der Waals surface area contributed by atoms with Crippen LogP contribution < -0.4 is 10.9 Å². The van der Waals surface area contributed by atoms with Gasteiger partial charge in [0, 0.05) is 5.69 Å². The number of nitrogens with zero attached hydrogens (tertiary/aromatic N) is 2. The van der Waals surface area contributed by atoms with Gasteiger partial charge in [0.25, 0.3) is 5.56 Å². The molecule has 0 radical (unpaired) electrons. The first kappa shape index (κ1) is 17.9. The van der Waals surface area contributed by atoms with Crippen molar-refractivity contribution in [2.75, 3.05) is 5.32 Å². The van der Waals surface area contributed by atoms with Gasteiger partial charge >= 0.3 is 0 Å². The maximum absolute atomic E-state index is 12.7. The molecule has 1 heterocycles. The summed E-state index contributed by atoms with van der Waals surface area (Å²) in [6, 6.07) is 13.2. The van der Waals surface area contributed by atoms with Gasteiger partial charge in [-0.1, -0.05) is 44.2 Å². The maximum Gasteiger partial charge on any atom is 0.261 e. The third kappa shape index (κ3) is 3.38. The number of hydrogen-bond donors (Lipinski definition) is 1. The van der Waals surface area contributed by atoms with E-state index in [4.69, 9.17) is 0 Å². The highest BCUT2D eigenvalue weighted by molar-refractivity contribution is 5.92. The van der Waals surface area contributed by atoms with Gasteiger partial charge in [-0.05, 0) is 43.0 Å². The number of aryl methyl sites for hydroxylation is 3. The fraction of sp³-hybridized carbons (Fsp3) is 0.286. The van der Waals surface area contributed by atoms with E-state index in [-0.39, 0.29) is 18.0 Å². The average molecular weight is 349 g/mol. The van der Waals surface area contributed by atoms with E-state index in [0.29, 0.717) is 16.7 Å². The average Bonchev–Trinajstić information content (AvgIpc) is 2.65. The van der Waals surface area contributed by atoms with Crippen LogP contribution in [0.5, 0.6) is 0 Å². The van der Waals surface area contributed by atoms with Crippen LogP contribution in [0.15, 0.2) is 47.3 Å². The molecular weight excluding hydrogens is 326 g/mol. The molecule has 0 saturated heterocycles. The number of carbonyl (C=O) groups excluding carboxylic acids is 1. The summed E-state index contributed by atoms with van der Waals surface area (Å²) in [6.45, 7) is 5.82. The van der Waals surface area contributed by atoms with Gasteiger partial charge in [-0.2, -0.15) is 0 Å². The largest absolute Gasteiger partial charge is 0.324 e. The quantitative estimate of drug-likeness (QED) is 0.767. The second-order valence-corrected chi connectivity index (χ2v) is 6.27. The number of rotatable bonds is 5. The van der Waals surface area contributed by atoms with Crippen molar-refractivity contribution < 1.29 is 4.79 Å². The van der Waals surface area contributed by atoms with Crippen LogP contribution in [0.4, 0.5) is 5.69 Å². The summed E-state index contributed by atoms with van der Waals surface area (Å²) in [7, 11) is 0. The van der Waals surface area contributed by atoms with Gasteiger partial charge in [0.2, 0.25) is 5.91 Å². The van der Waals surface area contributed by atoms with Crippen LogP contribution in [0.1, 0.15) is 30.8 Å². The van der Waals surface area contributed by atoms with Crippen LogP contribution in [0.3, 0.4) is 0 Å². The zero-order valence-electron chi connectivity index (χ0n) is 15.4. The molecule has 3 rings (SSSR count). The van der Waals surface area contributed by atoms with Gasteiger partial charge in [0.15, 0.2) is 0 Å². The molecular formula is C21H23N3O2. The minimum atomic E-state index is -0.220. The summed E-state index contributed by atoms with van der Waals surface area (Å²) < 4.78 is 1.43. The topological polar surface area (TPSA) is 64.0 Å². The predicted molar refractivity (Wildman–Crippen MR) is 105 cm³/mol. The third-order valence-electron chi connectivity index (χ3n) is 4.62. The summed E-state index contributed by atoms with van der Waals surface area (Å²) >= 11 is 0. The van der Waals surface area contributed by atoms with Crippen molar-refractivity contribution in [3.63, 3.8) is 0 Å². The molecule has 0 saturated carbocycles. The Labute approximate surface area is 152 Å². The number of hydrogen-bond acceptors (Lipinski definition) is 3. The van der Waals surface area contributed by atoms with Crippen molar-refractivity contribution in [2.45, 2.75) is 40.2 Å². The van der Waals surface area contributed by atoms with Crippen LogP contribution in [-0.2, 0) is 24.2 Å². The zero-order valence-corrected chi connectivity index (χ0v) is 15.4. The summed E-state index contributed by atoms with van der Waals surface area (Å²) in [5.41, 5.74) is 3.51. The van der Waals surface area contributed by atoms with Gasteiger partial charge in [0.1, 0.15) is 12.4 Å². The first-order valence-corrected chi connectivity index (χ1v) is 8.92. The molecule has 5 nitrogen and oxygen atoms in total. The highest BCUT2D eigenvalue weighted by atomic mass is 16.2. The summed E-state index contributed by atoms with van der Waals surface area (Å²) in [5.74, 6) is 0.311. The lowest BCUT2D eigenvalue weighted by Crippen LogP contribution is -2.30. The number of anilines is 1. The van der Waals surface area contributed by atoms with Crippen molar-refractivity contribution in [1.29, 1.82) is 0 Å². The Morgan fingerprint density at radius 2 is 1.69 bits per heavy atom. The van der Waals surface area contributed by atoms with Crippen molar-refractivity contribution in [3.05, 3.63) is 69.8 Å². The van der Waals surface area contributed by atoms with E-state index in [9.17, 15) is 9.59 Å². The van der Waals surface area contributed by atoms with Crippen molar-refractivity contribution in [1.82, 2.24) is 9.55 Å². The molecule has 0 aliphatic carbocycles. The van der Waals surface area contributed by atoms with Gasteiger partial charge in [-0.25, -0.2) is 4.98 Å². The van der Waals surface area contributed by atoms with Crippen LogP contribution in [0.25, 0.3) is 10.9 Å². The molecule has 2 aromatic carbocycles. The highest BCUT2D eigenvalue weighted by Gasteiger charge is 2.14. The van der Waals surface area contributed by atoms with Gasteiger partial charge in [-0.3, -0.25) is 14.2 Å². The number of carbonyl (C=O) groups is 1. The summed E-state index contributed by atoms with van der Waals surface area (Å²) in [4.78, 5) is 29.8. The van der Waals surface area contributed by atoms with Crippen molar-refractivity contribution in [3.8, 4) is 0 Å². The molecule has 0 bridgehead atoms. The van der Waals surface area contributed by atoms with E-state index in [2.05, 4.69) is 24.1 Å². The van der Waals surface area contributed by atoms with E-state index in [1.54, 1.807) is 25.1 Å². The summed E-state index contributed by atoms with van der Waals surface area (Å²) in [6.07, 6.45) is 1.67. The normalized spacial score (nSPS) is 10.9. The Balaban J connectivity index is 1.93. The lowest BCUT2D eigenvalue weighted by atomic mass is 10.0. The Morgan fingerprint density at radius 1 is 1.04 bits per heavy atom. The lowest BCUT2D eigenvalue weighted by molar-refractivity contribution is -0.116. The number of aromatic nitrogens is 2. The molecule has 0 aliphatic rings. The van der Waals surface area contributed by atoms with E-state index in [1.165, 1.54) is 4.57 Å². The van der Waals surface area contributed by atoms with Crippen LogP contribution in [-0.4, -0.2) is 15.5 Å².